The van der Waals surface area contributed by atoms with Gasteiger partial charge in [-0.1, -0.05) is 0 Å². The van der Waals surface area contributed by atoms with Crippen molar-refractivity contribution >= 4 is 0 Å². The highest BCUT2D eigenvalue weighted by Gasteiger charge is 2.46. The maximum Gasteiger partial charge on any atom is 0.347 e. The predicted octanol–water partition coefficient (Wildman–Crippen LogP) is -3.24. The molecule has 0 aromatic carbocycles. The van der Waals surface area contributed by atoms with Crippen LogP contribution in [0.3, 0.4) is 0 Å². The SMILES string of the molecule is CN(C(O)(O)O)C(C)(C)N(C)C(O)(O)O. The van der Waals surface area contributed by atoms with Crippen LogP contribution in [-0.2, 0) is 0 Å². The van der Waals surface area contributed by atoms with Crippen molar-refractivity contribution in [1.82, 2.24) is 9.80 Å². The van der Waals surface area contributed by atoms with E-state index >= 15 is 0 Å². The molecule has 8 heteroatoms. The summed E-state index contributed by atoms with van der Waals surface area (Å²) in [6, 6.07) is 0. The molecule has 0 saturated carbocycles. The minimum absolute atomic E-state index is 0.609. The summed E-state index contributed by atoms with van der Waals surface area (Å²) in [5.41, 5.74) is -1.45. The van der Waals surface area contributed by atoms with Crippen LogP contribution in [0.25, 0.3) is 0 Å². The number of hydrogen-bond acceptors (Lipinski definition) is 8. The highest BCUT2D eigenvalue weighted by molar-refractivity contribution is 4.80. The van der Waals surface area contributed by atoms with Crippen LogP contribution >= 0.6 is 0 Å². The fraction of sp³-hybridized carbons (Fsp3) is 1.00. The molecule has 0 saturated heterocycles. The maximum absolute atomic E-state index is 8.90. The highest BCUT2D eigenvalue weighted by atomic mass is 16.7. The van der Waals surface area contributed by atoms with E-state index < -0.39 is 17.9 Å². The van der Waals surface area contributed by atoms with E-state index in [2.05, 4.69) is 0 Å². The minimum Gasteiger partial charge on any atom is -0.330 e. The van der Waals surface area contributed by atoms with Crippen molar-refractivity contribution in [2.24, 2.45) is 0 Å². The van der Waals surface area contributed by atoms with E-state index in [4.69, 9.17) is 30.6 Å². The molecule has 6 N–H and O–H groups in total. The molecule has 0 amide bonds. The average Bonchev–Trinajstić information content (AvgIpc) is 1.98. The summed E-state index contributed by atoms with van der Waals surface area (Å²) >= 11 is 0. The Kier molecular flexibility index (Phi) is 3.84. The number of aliphatic hydroxyl groups is 6. The van der Waals surface area contributed by atoms with Gasteiger partial charge in [0.2, 0.25) is 0 Å². The van der Waals surface area contributed by atoms with Crippen LogP contribution in [0.5, 0.6) is 0 Å². The Labute approximate surface area is 87.2 Å². The first kappa shape index (κ1) is 14.7. The van der Waals surface area contributed by atoms with E-state index in [1.165, 1.54) is 13.8 Å². The molecule has 8 nitrogen and oxygen atoms in total. The van der Waals surface area contributed by atoms with Gasteiger partial charge < -0.3 is 30.6 Å². The lowest BCUT2D eigenvalue weighted by molar-refractivity contribution is -0.453. The maximum atomic E-state index is 8.90. The Morgan fingerprint density at radius 3 is 1.00 bits per heavy atom. The van der Waals surface area contributed by atoms with Gasteiger partial charge >= 0.3 is 12.2 Å². The summed E-state index contributed by atoms with van der Waals surface area (Å²) in [4.78, 5) is 1.22. The number of hydrogen-bond donors (Lipinski definition) is 6. The molecule has 0 spiro atoms. The quantitative estimate of drug-likeness (QED) is 0.276. The standard InChI is InChI=1S/C7H18N2O6/c1-5(2,8(3)6(10,11)12)9(4)7(13,14)15/h10-15H,1-4H3. The normalized spacial score (nSPS) is 15.2. The largest absolute Gasteiger partial charge is 0.347 e. The zero-order valence-corrected chi connectivity index (χ0v) is 9.08. The number of nitrogens with zero attached hydrogens (tertiary/aromatic N) is 2. The van der Waals surface area contributed by atoms with E-state index in [9.17, 15) is 0 Å². The van der Waals surface area contributed by atoms with Gasteiger partial charge in [-0.3, -0.25) is 0 Å². The lowest BCUT2D eigenvalue weighted by Crippen LogP contribution is -2.68. The molecule has 0 heterocycles. The van der Waals surface area contributed by atoms with E-state index in [-0.39, 0.29) is 0 Å². The van der Waals surface area contributed by atoms with Gasteiger partial charge in [0.1, 0.15) is 0 Å². The molecule has 0 radical (unpaired) electrons. The summed E-state index contributed by atoms with van der Waals surface area (Å²) in [7, 11) is 2.23. The molecule has 0 aliphatic carbocycles. The van der Waals surface area contributed by atoms with Crippen molar-refractivity contribution in [1.29, 1.82) is 0 Å². The highest BCUT2D eigenvalue weighted by Crippen LogP contribution is 2.24. The van der Waals surface area contributed by atoms with Crippen LogP contribution in [0.1, 0.15) is 13.8 Å². The van der Waals surface area contributed by atoms with E-state index in [0.717, 1.165) is 14.1 Å². The van der Waals surface area contributed by atoms with E-state index in [0.29, 0.717) is 9.80 Å². The van der Waals surface area contributed by atoms with Gasteiger partial charge in [-0.15, -0.1) is 0 Å². The molecule has 0 aromatic rings. The van der Waals surface area contributed by atoms with Crippen LogP contribution in [-0.4, -0.2) is 72.4 Å². The first-order chi connectivity index (χ1) is 6.31. The molecule has 0 fully saturated rings. The first-order valence-corrected chi connectivity index (χ1v) is 4.13. The molecule has 15 heavy (non-hydrogen) atoms. The summed E-state index contributed by atoms with van der Waals surface area (Å²) in [5.74, 6) is 0. The molecule has 0 aliphatic rings. The Morgan fingerprint density at radius 2 is 0.867 bits per heavy atom. The van der Waals surface area contributed by atoms with Gasteiger partial charge in [-0.2, -0.15) is 0 Å². The number of rotatable bonds is 4. The second-order valence-corrected chi connectivity index (χ2v) is 3.81. The first-order valence-electron chi connectivity index (χ1n) is 4.13. The second kappa shape index (κ2) is 3.92. The second-order valence-electron chi connectivity index (χ2n) is 3.81. The third kappa shape index (κ3) is 3.33. The van der Waals surface area contributed by atoms with Crippen LogP contribution in [0.2, 0.25) is 0 Å². The molecule has 0 rings (SSSR count). The Hall–Kier alpha value is -0.320. The van der Waals surface area contributed by atoms with Crippen LogP contribution < -0.4 is 0 Å². The van der Waals surface area contributed by atoms with Gasteiger partial charge in [0, 0.05) is 0 Å². The van der Waals surface area contributed by atoms with E-state index in [1.54, 1.807) is 0 Å². The van der Waals surface area contributed by atoms with Crippen molar-refractivity contribution in [3.05, 3.63) is 0 Å². The van der Waals surface area contributed by atoms with Crippen LogP contribution in [0, 0.1) is 0 Å². The Morgan fingerprint density at radius 1 is 0.667 bits per heavy atom. The zero-order chi connectivity index (χ0) is 12.7. The molecular weight excluding hydrogens is 208 g/mol. The Bertz CT molecular complexity index is 197. The summed E-state index contributed by atoms with van der Waals surface area (Å²) in [6.07, 6.45) is -6.30. The van der Waals surface area contributed by atoms with Crippen molar-refractivity contribution < 1.29 is 30.6 Å². The fourth-order valence-corrected chi connectivity index (χ4v) is 0.959. The lowest BCUT2D eigenvalue weighted by Gasteiger charge is -2.47. The molecule has 92 valence electrons. The summed E-state index contributed by atoms with van der Waals surface area (Å²) in [6.45, 7) is 2.64. The van der Waals surface area contributed by atoms with Crippen LogP contribution in [0.15, 0.2) is 0 Å². The van der Waals surface area contributed by atoms with Crippen molar-refractivity contribution in [3.63, 3.8) is 0 Å². The lowest BCUT2D eigenvalue weighted by atomic mass is 10.2. The summed E-state index contributed by atoms with van der Waals surface area (Å²) < 4.78 is 0. The third-order valence-corrected chi connectivity index (χ3v) is 2.54. The zero-order valence-electron chi connectivity index (χ0n) is 9.08. The minimum atomic E-state index is -3.15. The van der Waals surface area contributed by atoms with Crippen molar-refractivity contribution in [3.8, 4) is 0 Å². The molecule has 0 atom stereocenters. The summed E-state index contributed by atoms with van der Waals surface area (Å²) in [5, 5.41) is 53.4. The van der Waals surface area contributed by atoms with Gasteiger partial charge in [0.05, 0.1) is 5.66 Å². The topological polar surface area (TPSA) is 128 Å². The van der Waals surface area contributed by atoms with Gasteiger partial charge in [-0.05, 0) is 27.9 Å². The molecule has 0 bridgehead atoms. The average molecular weight is 226 g/mol. The monoisotopic (exact) mass is 226 g/mol. The Balaban J connectivity index is 4.98. The molecule has 0 aromatic heterocycles. The van der Waals surface area contributed by atoms with Crippen LogP contribution in [0.4, 0.5) is 0 Å². The molecule has 0 unspecified atom stereocenters. The van der Waals surface area contributed by atoms with Gasteiger partial charge in [0.15, 0.2) is 0 Å². The fourth-order valence-electron chi connectivity index (χ4n) is 0.959. The van der Waals surface area contributed by atoms with Crippen molar-refractivity contribution in [2.75, 3.05) is 14.1 Å². The van der Waals surface area contributed by atoms with Gasteiger partial charge in [-0.25, -0.2) is 9.80 Å². The van der Waals surface area contributed by atoms with Crippen molar-refractivity contribution in [2.45, 2.75) is 31.7 Å². The molecular formula is C7H18N2O6. The third-order valence-electron chi connectivity index (χ3n) is 2.54. The smallest absolute Gasteiger partial charge is 0.330 e. The van der Waals surface area contributed by atoms with Gasteiger partial charge in [0.25, 0.3) is 0 Å². The predicted molar refractivity (Wildman–Crippen MR) is 48.4 cm³/mol. The molecule has 0 aliphatic heterocycles. The van der Waals surface area contributed by atoms with E-state index in [1.807, 2.05) is 0 Å².